The standard InChI is InChI=1S/C18H22O2.C11H15ClO2/c1-19-13-17(14-20-2)18(15-9-5-3-6-10-15)16-11-7-4-8-12-16;1-8(11(13-2)14-3)9-4-6-10(12)7-5-9/h3-12,17-18H,13-14H2,1-2H3;4-8,11H,1-3H3. The van der Waals surface area contributed by atoms with Crippen LogP contribution in [-0.4, -0.2) is 47.9 Å². The highest BCUT2D eigenvalue weighted by atomic mass is 35.5. The van der Waals surface area contributed by atoms with E-state index >= 15 is 0 Å². The van der Waals surface area contributed by atoms with E-state index in [1.807, 2.05) is 36.4 Å². The van der Waals surface area contributed by atoms with Crippen molar-refractivity contribution in [1.29, 1.82) is 0 Å². The first-order valence-corrected chi connectivity index (χ1v) is 11.8. The minimum absolute atomic E-state index is 0.197. The Kier molecular flexibility index (Phi) is 12.9. The lowest BCUT2D eigenvalue weighted by atomic mass is 9.81. The fraction of sp³-hybridized carbons (Fsp3) is 0.379. The van der Waals surface area contributed by atoms with Gasteiger partial charge < -0.3 is 18.9 Å². The van der Waals surface area contributed by atoms with Gasteiger partial charge in [0.05, 0.1) is 13.2 Å². The summed E-state index contributed by atoms with van der Waals surface area (Å²) in [5.74, 6) is 0.786. The van der Waals surface area contributed by atoms with E-state index in [0.717, 1.165) is 10.6 Å². The molecular weight excluding hydrogens is 448 g/mol. The Balaban J connectivity index is 0.000000257. The highest BCUT2D eigenvalue weighted by Crippen LogP contribution is 2.32. The molecule has 1 unspecified atom stereocenters. The van der Waals surface area contributed by atoms with Crippen molar-refractivity contribution in [2.75, 3.05) is 41.7 Å². The van der Waals surface area contributed by atoms with Crippen LogP contribution in [0.2, 0.25) is 5.02 Å². The van der Waals surface area contributed by atoms with Crippen LogP contribution >= 0.6 is 11.6 Å². The van der Waals surface area contributed by atoms with Crippen molar-refractivity contribution in [2.24, 2.45) is 5.92 Å². The van der Waals surface area contributed by atoms with Crippen molar-refractivity contribution in [3.8, 4) is 0 Å². The van der Waals surface area contributed by atoms with Gasteiger partial charge in [-0.3, -0.25) is 0 Å². The minimum atomic E-state index is -0.212. The summed E-state index contributed by atoms with van der Waals surface area (Å²) < 4.78 is 21.2. The molecule has 0 radical (unpaired) electrons. The van der Waals surface area contributed by atoms with Gasteiger partial charge in [-0.1, -0.05) is 91.3 Å². The van der Waals surface area contributed by atoms with E-state index in [1.165, 1.54) is 11.1 Å². The van der Waals surface area contributed by atoms with Crippen molar-refractivity contribution in [3.05, 3.63) is 107 Å². The fourth-order valence-corrected chi connectivity index (χ4v) is 4.28. The van der Waals surface area contributed by atoms with Gasteiger partial charge >= 0.3 is 0 Å². The van der Waals surface area contributed by atoms with Gasteiger partial charge in [-0.2, -0.15) is 0 Å². The Labute approximate surface area is 209 Å². The Bertz CT molecular complexity index is 853. The van der Waals surface area contributed by atoms with Gasteiger partial charge in [-0.15, -0.1) is 0 Å². The number of hydrogen-bond donors (Lipinski definition) is 0. The molecule has 0 amide bonds. The number of ether oxygens (including phenoxy) is 4. The van der Waals surface area contributed by atoms with E-state index in [0.29, 0.717) is 19.1 Å². The molecule has 0 saturated carbocycles. The maximum Gasteiger partial charge on any atom is 0.163 e. The summed E-state index contributed by atoms with van der Waals surface area (Å²) in [5.41, 5.74) is 3.76. The quantitative estimate of drug-likeness (QED) is 0.281. The van der Waals surface area contributed by atoms with E-state index in [2.05, 4.69) is 55.5 Å². The number of hydrogen-bond acceptors (Lipinski definition) is 4. The first-order chi connectivity index (χ1) is 16.5. The third-order valence-corrected chi connectivity index (χ3v) is 6.07. The second-order valence-corrected chi connectivity index (χ2v) is 8.59. The number of halogens is 1. The van der Waals surface area contributed by atoms with E-state index in [4.69, 9.17) is 30.5 Å². The van der Waals surface area contributed by atoms with Crippen molar-refractivity contribution >= 4 is 11.6 Å². The predicted molar refractivity (Wildman–Crippen MR) is 140 cm³/mol. The van der Waals surface area contributed by atoms with Crippen LogP contribution < -0.4 is 0 Å². The van der Waals surface area contributed by atoms with Gasteiger partial charge in [-0.25, -0.2) is 0 Å². The summed E-state index contributed by atoms with van der Waals surface area (Å²) in [4.78, 5) is 0. The second kappa shape index (κ2) is 15.6. The van der Waals surface area contributed by atoms with Crippen LogP contribution in [0.4, 0.5) is 0 Å². The Morgan fingerprint density at radius 3 is 1.44 bits per heavy atom. The molecule has 3 rings (SSSR count). The van der Waals surface area contributed by atoms with Crippen molar-refractivity contribution in [1.82, 2.24) is 0 Å². The van der Waals surface area contributed by atoms with Crippen molar-refractivity contribution in [2.45, 2.75) is 25.0 Å². The average molecular weight is 485 g/mol. The molecule has 0 saturated heterocycles. The maximum atomic E-state index is 5.80. The topological polar surface area (TPSA) is 36.9 Å². The Morgan fingerprint density at radius 2 is 1.06 bits per heavy atom. The van der Waals surface area contributed by atoms with E-state index in [-0.39, 0.29) is 18.1 Å². The Hall–Kier alpha value is -2.21. The van der Waals surface area contributed by atoms with Crippen LogP contribution in [0.15, 0.2) is 84.9 Å². The summed E-state index contributed by atoms with van der Waals surface area (Å²) in [7, 11) is 6.77. The Morgan fingerprint density at radius 1 is 0.618 bits per heavy atom. The van der Waals surface area contributed by atoms with Crippen LogP contribution in [0.5, 0.6) is 0 Å². The summed E-state index contributed by atoms with van der Waals surface area (Å²) in [6.45, 7) is 3.42. The lowest BCUT2D eigenvalue weighted by Crippen LogP contribution is -2.23. The molecule has 4 nitrogen and oxygen atoms in total. The molecule has 34 heavy (non-hydrogen) atoms. The molecular formula is C29H37ClO4. The molecule has 1 atom stereocenters. The molecule has 0 aliphatic heterocycles. The number of rotatable bonds is 11. The molecule has 5 heteroatoms. The third-order valence-electron chi connectivity index (χ3n) is 5.82. The van der Waals surface area contributed by atoms with Crippen LogP contribution in [0.3, 0.4) is 0 Å². The molecule has 0 aromatic heterocycles. The molecule has 3 aromatic rings. The minimum Gasteiger partial charge on any atom is -0.384 e. The van der Waals surface area contributed by atoms with Crippen LogP contribution in [0, 0.1) is 5.92 Å². The highest BCUT2D eigenvalue weighted by Gasteiger charge is 2.24. The predicted octanol–water partition coefficient (Wildman–Crippen LogP) is 6.79. The average Bonchev–Trinajstić information content (AvgIpc) is 2.87. The highest BCUT2D eigenvalue weighted by molar-refractivity contribution is 6.30. The molecule has 184 valence electrons. The number of methoxy groups -OCH3 is 4. The van der Waals surface area contributed by atoms with Gasteiger partial charge in [0, 0.05) is 51.2 Å². The summed E-state index contributed by atoms with van der Waals surface area (Å²) in [5, 5.41) is 0.743. The zero-order valence-corrected chi connectivity index (χ0v) is 21.6. The molecule has 0 aliphatic rings. The molecule has 3 aromatic carbocycles. The summed E-state index contributed by atoms with van der Waals surface area (Å²) >= 11 is 5.80. The first kappa shape index (κ1) is 28.0. The van der Waals surface area contributed by atoms with Crippen molar-refractivity contribution in [3.63, 3.8) is 0 Å². The molecule has 0 spiro atoms. The van der Waals surface area contributed by atoms with Crippen molar-refractivity contribution < 1.29 is 18.9 Å². The van der Waals surface area contributed by atoms with Gasteiger partial charge in [0.2, 0.25) is 0 Å². The second-order valence-electron chi connectivity index (χ2n) is 8.15. The lowest BCUT2D eigenvalue weighted by Gasteiger charge is -2.27. The van der Waals surface area contributed by atoms with E-state index in [1.54, 1.807) is 28.4 Å². The number of benzene rings is 3. The zero-order chi connectivity index (χ0) is 24.8. The SMILES string of the molecule is COC(OC)C(C)c1ccc(Cl)cc1.COCC(COC)C(c1ccccc1)c1ccccc1. The molecule has 0 heterocycles. The van der Waals surface area contributed by atoms with E-state index < -0.39 is 0 Å². The van der Waals surface area contributed by atoms with Gasteiger partial charge in [0.15, 0.2) is 6.29 Å². The molecule has 0 N–H and O–H groups in total. The van der Waals surface area contributed by atoms with Gasteiger partial charge in [0.25, 0.3) is 0 Å². The summed E-state index contributed by atoms with van der Waals surface area (Å²) in [6, 6.07) is 28.9. The van der Waals surface area contributed by atoms with Crippen LogP contribution in [-0.2, 0) is 18.9 Å². The largest absolute Gasteiger partial charge is 0.384 e. The van der Waals surface area contributed by atoms with Gasteiger partial charge in [0.1, 0.15) is 0 Å². The van der Waals surface area contributed by atoms with Crippen LogP contribution in [0.25, 0.3) is 0 Å². The first-order valence-electron chi connectivity index (χ1n) is 11.4. The summed E-state index contributed by atoms with van der Waals surface area (Å²) in [6.07, 6.45) is -0.212. The van der Waals surface area contributed by atoms with E-state index in [9.17, 15) is 0 Å². The zero-order valence-electron chi connectivity index (χ0n) is 20.8. The normalized spacial score (nSPS) is 12.0. The smallest absolute Gasteiger partial charge is 0.163 e. The molecule has 0 bridgehead atoms. The lowest BCUT2D eigenvalue weighted by molar-refractivity contribution is -0.115. The monoisotopic (exact) mass is 484 g/mol. The van der Waals surface area contributed by atoms with Crippen LogP contribution in [0.1, 0.15) is 35.4 Å². The molecule has 0 fully saturated rings. The maximum absolute atomic E-state index is 5.80. The fourth-order valence-electron chi connectivity index (χ4n) is 4.15. The van der Waals surface area contributed by atoms with Gasteiger partial charge in [-0.05, 0) is 28.8 Å². The third kappa shape index (κ3) is 8.53. The molecule has 0 aliphatic carbocycles.